The maximum atomic E-state index is 12.3. The summed E-state index contributed by atoms with van der Waals surface area (Å²) >= 11 is 0. The van der Waals surface area contributed by atoms with E-state index in [1.165, 1.54) is 6.33 Å². The Bertz CT molecular complexity index is 489. The van der Waals surface area contributed by atoms with Crippen LogP contribution < -0.4 is 5.32 Å². The maximum Gasteiger partial charge on any atom is 0.262 e. The van der Waals surface area contributed by atoms with Crippen LogP contribution in [0.5, 0.6) is 0 Å². The highest BCUT2D eigenvalue weighted by atomic mass is 32.2. The molecule has 1 aliphatic rings. The zero-order valence-electron chi connectivity index (χ0n) is 10.8. The Balaban J connectivity index is 2.05. The summed E-state index contributed by atoms with van der Waals surface area (Å²) in [6.07, 6.45) is 4.88. The van der Waals surface area contributed by atoms with E-state index in [1.54, 1.807) is 22.1 Å². The van der Waals surface area contributed by atoms with Crippen molar-refractivity contribution < 1.29 is 8.42 Å². The fourth-order valence-electron chi connectivity index (χ4n) is 2.30. The van der Waals surface area contributed by atoms with Gasteiger partial charge in [0.05, 0.1) is 6.33 Å². The number of nitrogens with one attached hydrogen (secondary N) is 1. The molecule has 102 valence electrons. The third-order valence-corrected chi connectivity index (χ3v) is 5.14. The molecule has 0 aromatic carbocycles. The number of nitrogens with zero attached hydrogens (tertiary/aromatic N) is 3. The molecule has 0 bridgehead atoms. The standard InChI is InChI=1S/C11H20N4O2S/c1-12-7-10-3-5-15(6-4-10)18(16,17)11-8-14(2)9-13-11/h8-10,12H,3-7H2,1-2H3. The number of aromatic nitrogens is 2. The molecule has 1 aliphatic heterocycles. The van der Waals surface area contributed by atoms with E-state index in [1.807, 2.05) is 7.05 Å². The van der Waals surface area contributed by atoms with Gasteiger partial charge >= 0.3 is 0 Å². The molecule has 0 atom stereocenters. The molecule has 1 aromatic rings. The molecule has 0 amide bonds. The Morgan fingerprint density at radius 2 is 2.11 bits per heavy atom. The predicted octanol–water partition coefficient (Wildman–Crippen LogP) is 0.0402. The second kappa shape index (κ2) is 5.38. The van der Waals surface area contributed by atoms with Crippen LogP contribution in [0, 0.1) is 5.92 Å². The van der Waals surface area contributed by atoms with Crippen molar-refractivity contribution in [3.63, 3.8) is 0 Å². The third kappa shape index (κ3) is 2.73. The molecule has 0 spiro atoms. The molecule has 0 unspecified atom stereocenters. The van der Waals surface area contributed by atoms with E-state index in [0.717, 1.165) is 19.4 Å². The smallest absolute Gasteiger partial charge is 0.262 e. The Labute approximate surface area is 108 Å². The van der Waals surface area contributed by atoms with E-state index in [4.69, 9.17) is 0 Å². The lowest BCUT2D eigenvalue weighted by Gasteiger charge is -2.30. The van der Waals surface area contributed by atoms with Crippen LogP contribution >= 0.6 is 0 Å². The molecule has 0 aliphatic carbocycles. The third-order valence-electron chi connectivity index (χ3n) is 3.35. The van der Waals surface area contributed by atoms with Crippen LogP contribution in [0.3, 0.4) is 0 Å². The minimum atomic E-state index is -3.40. The fourth-order valence-corrected chi connectivity index (χ4v) is 3.73. The van der Waals surface area contributed by atoms with Gasteiger partial charge in [-0.1, -0.05) is 0 Å². The second-order valence-corrected chi connectivity index (χ2v) is 6.67. The van der Waals surface area contributed by atoms with Crippen LogP contribution in [0.4, 0.5) is 0 Å². The summed E-state index contributed by atoms with van der Waals surface area (Å²) in [5, 5.41) is 3.29. The highest BCUT2D eigenvalue weighted by Gasteiger charge is 2.30. The van der Waals surface area contributed by atoms with Gasteiger partial charge in [-0.15, -0.1) is 0 Å². The van der Waals surface area contributed by atoms with Crippen molar-refractivity contribution in [2.24, 2.45) is 13.0 Å². The van der Waals surface area contributed by atoms with Crippen molar-refractivity contribution in [1.82, 2.24) is 19.2 Å². The van der Waals surface area contributed by atoms with Crippen molar-refractivity contribution >= 4 is 10.0 Å². The van der Waals surface area contributed by atoms with Gasteiger partial charge in [0.25, 0.3) is 10.0 Å². The second-order valence-electron chi connectivity index (χ2n) is 4.78. The van der Waals surface area contributed by atoms with Crippen molar-refractivity contribution in [3.05, 3.63) is 12.5 Å². The van der Waals surface area contributed by atoms with Crippen LogP contribution in [-0.2, 0) is 17.1 Å². The molecule has 7 heteroatoms. The lowest BCUT2D eigenvalue weighted by molar-refractivity contribution is 0.270. The number of aryl methyl sites for hydroxylation is 1. The highest BCUT2D eigenvalue weighted by Crippen LogP contribution is 2.22. The Kier molecular flexibility index (Phi) is 4.04. The van der Waals surface area contributed by atoms with E-state index < -0.39 is 10.0 Å². The fraction of sp³-hybridized carbons (Fsp3) is 0.727. The lowest BCUT2D eigenvalue weighted by Crippen LogP contribution is -2.40. The Hall–Kier alpha value is -0.920. The SMILES string of the molecule is CNCC1CCN(S(=O)(=O)c2cn(C)cn2)CC1. The highest BCUT2D eigenvalue weighted by molar-refractivity contribution is 7.89. The van der Waals surface area contributed by atoms with Crippen LogP contribution in [0.1, 0.15) is 12.8 Å². The summed E-state index contributed by atoms with van der Waals surface area (Å²) < 4.78 is 27.8. The largest absolute Gasteiger partial charge is 0.339 e. The van der Waals surface area contributed by atoms with Crippen LogP contribution in [-0.4, -0.2) is 49.0 Å². The van der Waals surface area contributed by atoms with Crippen molar-refractivity contribution in [2.75, 3.05) is 26.7 Å². The molecular weight excluding hydrogens is 252 g/mol. The van der Waals surface area contributed by atoms with Gasteiger partial charge in [0.2, 0.25) is 0 Å². The first-order valence-corrected chi connectivity index (χ1v) is 7.60. The summed E-state index contributed by atoms with van der Waals surface area (Å²) in [4.78, 5) is 3.94. The molecule has 2 rings (SSSR count). The molecule has 1 aromatic heterocycles. The molecular formula is C11H20N4O2S. The van der Waals surface area contributed by atoms with Gasteiger partial charge in [-0.25, -0.2) is 13.4 Å². The van der Waals surface area contributed by atoms with Crippen LogP contribution in [0.15, 0.2) is 17.6 Å². The summed E-state index contributed by atoms with van der Waals surface area (Å²) in [5.74, 6) is 0.574. The van der Waals surface area contributed by atoms with Crippen molar-refractivity contribution in [1.29, 1.82) is 0 Å². The molecule has 1 saturated heterocycles. The number of hydrogen-bond acceptors (Lipinski definition) is 4. The maximum absolute atomic E-state index is 12.3. The van der Waals surface area contributed by atoms with Crippen molar-refractivity contribution in [2.45, 2.75) is 17.9 Å². The number of hydrogen-bond donors (Lipinski definition) is 1. The average Bonchev–Trinajstić information content (AvgIpc) is 2.78. The van der Waals surface area contributed by atoms with Crippen LogP contribution in [0.2, 0.25) is 0 Å². The van der Waals surface area contributed by atoms with Gasteiger partial charge in [0.15, 0.2) is 5.03 Å². The summed E-state index contributed by atoms with van der Waals surface area (Å²) in [6, 6.07) is 0. The van der Waals surface area contributed by atoms with E-state index in [0.29, 0.717) is 19.0 Å². The zero-order chi connectivity index (χ0) is 13.2. The van der Waals surface area contributed by atoms with E-state index in [2.05, 4.69) is 10.3 Å². The van der Waals surface area contributed by atoms with E-state index >= 15 is 0 Å². The van der Waals surface area contributed by atoms with Gasteiger partial charge < -0.3 is 9.88 Å². The van der Waals surface area contributed by atoms with Gasteiger partial charge in [-0.2, -0.15) is 4.31 Å². The average molecular weight is 272 g/mol. The van der Waals surface area contributed by atoms with E-state index in [9.17, 15) is 8.42 Å². The van der Waals surface area contributed by atoms with Crippen LogP contribution in [0.25, 0.3) is 0 Å². The number of imidazole rings is 1. The summed E-state index contributed by atoms with van der Waals surface area (Å²) in [6.45, 7) is 2.13. The van der Waals surface area contributed by atoms with E-state index in [-0.39, 0.29) is 5.03 Å². The normalized spacial score (nSPS) is 19.2. The number of sulfonamides is 1. The Morgan fingerprint density at radius 1 is 1.44 bits per heavy atom. The molecule has 0 saturated carbocycles. The molecule has 1 fully saturated rings. The minimum Gasteiger partial charge on any atom is -0.339 e. The first-order chi connectivity index (χ1) is 8.54. The lowest BCUT2D eigenvalue weighted by atomic mass is 9.98. The predicted molar refractivity (Wildman–Crippen MR) is 68.6 cm³/mol. The van der Waals surface area contributed by atoms with Crippen molar-refractivity contribution in [3.8, 4) is 0 Å². The van der Waals surface area contributed by atoms with Gasteiger partial charge in [0, 0.05) is 26.3 Å². The minimum absolute atomic E-state index is 0.150. The first kappa shape index (κ1) is 13.5. The van der Waals surface area contributed by atoms with Gasteiger partial charge in [-0.3, -0.25) is 0 Å². The molecule has 6 nitrogen and oxygen atoms in total. The summed E-state index contributed by atoms with van der Waals surface area (Å²) in [5.41, 5.74) is 0. The first-order valence-electron chi connectivity index (χ1n) is 6.16. The number of rotatable bonds is 4. The quantitative estimate of drug-likeness (QED) is 0.840. The number of piperidine rings is 1. The monoisotopic (exact) mass is 272 g/mol. The molecule has 0 radical (unpaired) electrons. The van der Waals surface area contributed by atoms with Gasteiger partial charge in [0.1, 0.15) is 0 Å². The van der Waals surface area contributed by atoms with Gasteiger partial charge in [-0.05, 0) is 32.4 Å². The Morgan fingerprint density at radius 3 is 2.61 bits per heavy atom. The molecule has 2 heterocycles. The summed E-state index contributed by atoms with van der Waals surface area (Å²) in [7, 11) is 0.298. The zero-order valence-corrected chi connectivity index (χ0v) is 11.7. The molecule has 18 heavy (non-hydrogen) atoms. The molecule has 1 N–H and O–H groups in total. The topological polar surface area (TPSA) is 67.2 Å².